The molecule has 0 radical (unpaired) electrons. The zero-order chi connectivity index (χ0) is 15.3. The van der Waals surface area contributed by atoms with Crippen LogP contribution in [0, 0.1) is 0 Å². The van der Waals surface area contributed by atoms with Gasteiger partial charge in [0, 0.05) is 0 Å². The number of benzene rings is 1. The van der Waals surface area contributed by atoms with E-state index in [-0.39, 0.29) is 6.04 Å². The lowest BCUT2D eigenvalue weighted by Gasteiger charge is -2.20. The number of anilines is 1. The van der Waals surface area contributed by atoms with Crippen LogP contribution in [0.1, 0.15) is 37.1 Å². The fourth-order valence-corrected chi connectivity index (χ4v) is 2.14. The van der Waals surface area contributed by atoms with Gasteiger partial charge in [-0.05, 0) is 24.1 Å². The maximum Gasteiger partial charge on any atom is 0.433 e. The molecule has 21 heavy (non-hydrogen) atoms. The van der Waals surface area contributed by atoms with E-state index >= 15 is 0 Å². The Balaban J connectivity index is 2.14. The summed E-state index contributed by atoms with van der Waals surface area (Å²) in [6.45, 7) is 2.07. The van der Waals surface area contributed by atoms with Gasteiger partial charge in [-0.3, -0.25) is 0 Å². The first-order chi connectivity index (χ1) is 10.0. The first-order valence-corrected chi connectivity index (χ1v) is 6.85. The van der Waals surface area contributed by atoms with Crippen molar-refractivity contribution in [3.05, 3.63) is 59.9 Å². The Labute approximate surface area is 122 Å². The summed E-state index contributed by atoms with van der Waals surface area (Å²) in [5.41, 5.74) is 0.823. The number of halogens is 3. The molecular formula is C16H17F3N2. The summed E-state index contributed by atoms with van der Waals surface area (Å²) in [6, 6.07) is 12.3. The van der Waals surface area contributed by atoms with Crippen molar-refractivity contribution in [2.24, 2.45) is 0 Å². The molecule has 5 heteroatoms. The van der Waals surface area contributed by atoms with Crippen molar-refractivity contribution < 1.29 is 13.2 Å². The quantitative estimate of drug-likeness (QED) is 0.834. The molecule has 0 saturated carbocycles. The number of nitrogens with one attached hydrogen (secondary N) is 1. The van der Waals surface area contributed by atoms with Crippen molar-refractivity contribution >= 4 is 5.69 Å². The second-order valence-corrected chi connectivity index (χ2v) is 4.83. The molecule has 2 rings (SSSR count). The first kappa shape index (κ1) is 15.4. The van der Waals surface area contributed by atoms with Gasteiger partial charge < -0.3 is 5.32 Å². The van der Waals surface area contributed by atoms with E-state index in [9.17, 15) is 13.2 Å². The van der Waals surface area contributed by atoms with Crippen LogP contribution in [0.2, 0.25) is 0 Å². The van der Waals surface area contributed by atoms with Crippen LogP contribution in [-0.4, -0.2) is 4.98 Å². The monoisotopic (exact) mass is 294 g/mol. The molecule has 0 aliphatic carbocycles. The molecule has 2 aromatic rings. The zero-order valence-corrected chi connectivity index (χ0v) is 11.7. The van der Waals surface area contributed by atoms with Gasteiger partial charge in [0.15, 0.2) is 0 Å². The van der Waals surface area contributed by atoms with Gasteiger partial charge in [0.25, 0.3) is 0 Å². The number of aromatic nitrogens is 1. The first-order valence-electron chi connectivity index (χ1n) is 6.85. The molecule has 1 heterocycles. The van der Waals surface area contributed by atoms with Crippen molar-refractivity contribution in [2.45, 2.75) is 32.0 Å². The van der Waals surface area contributed by atoms with Crippen molar-refractivity contribution in [1.29, 1.82) is 0 Å². The summed E-state index contributed by atoms with van der Waals surface area (Å²) < 4.78 is 37.5. The van der Waals surface area contributed by atoms with Crippen LogP contribution < -0.4 is 5.32 Å². The van der Waals surface area contributed by atoms with Crippen LogP contribution in [0.4, 0.5) is 18.9 Å². The summed E-state index contributed by atoms with van der Waals surface area (Å²) in [6.07, 6.45) is -1.30. The minimum absolute atomic E-state index is 0.0646. The van der Waals surface area contributed by atoms with Crippen LogP contribution in [-0.2, 0) is 6.18 Å². The van der Waals surface area contributed by atoms with Gasteiger partial charge in [-0.2, -0.15) is 13.2 Å². The molecule has 1 aromatic carbocycles. The highest BCUT2D eigenvalue weighted by Crippen LogP contribution is 2.29. The van der Waals surface area contributed by atoms with Gasteiger partial charge >= 0.3 is 6.18 Å². The third-order valence-electron chi connectivity index (χ3n) is 3.17. The summed E-state index contributed by atoms with van der Waals surface area (Å²) >= 11 is 0. The third-order valence-corrected chi connectivity index (χ3v) is 3.17. The van der Waals surface area contributed by atoms with Crippen LogP contribution in [0.25, 0.3) is 0 Å². The SMILES string of the molecule is CCCC(Nc1ccc(C(F)(F)F)nc1)c1ccccc1. The molecule has 1 aromatic heterocycles. The van der Waals surface area contributed by atoms with E-state index in [0.29, 0.717) is 5.69 Å². The van der Waals surface area contributed by atoms with E-state index in [4.69, 9.17) is 0 Å². The standard InChI is InChI=1S/C16H17F3N2/c1-2-6-14(12-7-4-3-5-8-12)21-13-9-10-15(20-11-13)16(17,18)19/h3-5,7-11,14,21H,2,6H2,1H3. The lowest BCUT2D eigenvalue weighted by molar-refractivity contribution is -0.141. The van der Waals surface area contributed by atoms with E-state index in [0.717, 1.165) is 24.5 Å². The fourth-order valence-electron chi connectivity index (χ4n) is 2.14. The minimum atomic E-state index is -4.40. The Hall–Kier alpha value is -2.04. The van der Waals surface area contributed by atoms with Gasteiger partial charge in [-0.15, -0.1) is 0 Å². The molecule has 0 bridgehead atoms. The van der Waals surface area contributed by atoms with Gasteiger partial charge in [-0.1, -0.05) is 43.7 Å². The molecule has 0 spiro atoms. The highest BCUT2D eigenvalue weighted by Gasteiger charge is 2.32. The number of nitrogens with zero attached hydrogens (tertiary/aromatic N) is 1. The molecule has 2 nitrogen and oxygen atoms in total. The van der Waals surface area contributed by atoms with E-state index in [2.05, 4.69) is 17.2 Å². The molecule has 1 unspecified atom stereocenters. The maximum atomic E-state index is 12.5. The molecule has 0 aliphatic rings. The number of hydrogen-bond donors (Lipinski definition) is 1. The summed E-state index contributed by atoms with van der Waals surface area (Å²) in [4.78, 5) is 3.47. The van der Waals surface area contributed by atoms with Crippen molar-refractivity contribution in [3.63, 3.8) is 0 Å². The smallest absolute Gasteiger partial charge is 0.377 e. The van der Waals surface area contributed by atoms with Crippen molar-refractivity contribution in [2.75, 3.05) is 5.32 Å². The average molecular weight is 294 g/mol. The molecule has 1 atom stereocenters. The number of alkyl halides is 3. The van der Waals surface area contributed by atoms with Crippen molar-refractivity contribution in [1.82, 2.24) is 4.98 Å². The molecular weight excluding hydrogens is 277 g/mol. The molecule has 1 N–H and O–H groups in total. The Morgan fingerprint density at radius 1 is 1.10 bits per heavy atom. The van der Waals surface area contributed by atoms with Crippen LogP contribution in [0.3, 0.4) is 0 Å². The van der Waals surface area contributed by atoms with E-state index in [1.807, 2.05) is 30.3 Å². The van der Waals surface area contributed by atoms with Crippen LogP contribution >= 0.6 is 0 Å². The summed E-state index contributed by atoms with van der Waals surface area (Å²) in [7, 11) is 0. The van der Waals surface area contributed by atoms with Crippen molar-refractivity contribution in [3.8, 4) is 0 Å². The molecule has 0 amide bonds. The lowest BCUT2D eigenvalue weighted by atomic mass is 10.0. The topological polar surface area (TPSA) is 24.9 Å². The number of pyridine rings is 1. The number of hydrogen-bond acceptors (Lipinski definition) is 2. The summed E-state index contributed by atoms with van der Waals surface area (Å²) in [5.74, 6) is 0. The third kappa shape index (κ3) is 4.21. The molecule has 0 fully saturated rings. The molecule has 0 aliphatic heterocycles. The predicted octanol–water partition coefficient (Wildman–Crippen LogP) is 5.05. The van der Waals surface area contributed by atoms with E-state index in [1.165, 1.54) is 12.3 Å². The maximum absolute atomic E-state index is 12.5. The highest BCUT2D eigenvalue weighted by molar-refractivity contribution is 5.44. The van der Waals surface area contributed by atoms with Gasteiger partial charge in [-0.25, -0.2) is 4.98 Å². The Kier molecular flexibility index (Phi) is 4.83. The van der Waals surface area contributed by atoms with E-state index in [1.54, 1.807) is 0 Å². The fraction of sp³-hybridized carbons (Fsp3) is 0.312. The highest BCUT2D eigenvalue weighted by atomic mass is 19.4. The second kappa shape index (κ2) is 6.61. The van der Waals surface area contributed by atoms with Gasteiger partial charge in [0.2, 0.25) is 0 Å². The van der Waals surface area contributed by atoms with Gasteiger partial charge in [0.05, 0.1) is 17.9 Å². The normalized spacial score (nSPS) is 13.0. The van der Waals surface area contributed by atoms with Crippen LogP contribution in [0.5, 0.6) is 0 Å². The molecule has 0 saturated heterocycles. The summed E-state index contributed by atoms with van der Waals surface area (Å²) in [5, 5.41) is 3.25. The Morgan fingerprint density at radius 2 is 1.81 bits per heavy atom. The largest absolute Gasteiger partial charge is 0.433 e. The Morgan fingerprint density at radius 3 is 2.33 bits per heavy atom. The Bertz CT molecular complexity index is 550. The van der Waals surface area contributed by atoms with E-state index < -0.39 is 11.9 Å². The number of rotatable bonds is 5. The minimum Gasteiger partial charge on any atom is -0.377 e. The predicted molar refractivity (Wildman–Crippen MR) is 77.0 cm³/mol. The lowest BCUT2D eigenvalue weighted by Crippen LogP contribution is -2.12. The zero-order valence-electron chi connectivity index (χ0n) is 11.7. The average Bonchev–Trinajstić information content (AvgIpc) is 2.47. The van der Waals surface area contributed by atoms with Gasteiger partial charge in [0.1, 0.15) is 5.69 Å². The van der Waals surface area contributed by atoms with Crippen LogP contribution in [0.15, 0.2) is 48.7 Å². The molecule has 112 valence electrons. The second-order valence-electron chi connectivity index (χ2n) is 4.83.